The molecule has 0 radical (unpaired) electrons. The van der Waals surface area contributed by atoms with Crippen molar-refractivity contribution in [1.82, 2.24) is 0 Å². The van der Waals surface area contributed by atoms with E-state index in [2.05, 4.69) is 11.4 Å². The Morgan fingerprint density at radius 2 is 2.21 bits per heavy atom. The summed E-state index contributed by atoms with van der Waals surface area (Å²) in [6.45, 7) is 1.79. The van der Waals surface area contributed by atoms with Crippen LogP contribution in [0.5, 0.6) is 0 Å². The standard InChI is InChI=1S/C16H18FNS/c1-10-9-11(5-6-14(10)17)16(18)13-3-2-4-15-12(13)7-8-19-15/h5-9,13,16H,2-4,18H2,1H3. The Morgan fingerprint density at radius 3 is 3.00 bits per heavy atom. The third-order valence-electron chi connectivity index (χ3n) is 4.10. The highest BCUT2D eigenvalue weighted by Gasteiger charge is 2.27. The lowest BCUT2D eigenvalue weighted by Crippen LogP contribution is -2.22. The average molecular weight is 275 g/mol. The maximum Gasteiger partial charge on any atom is 0.126 e. The zero-order chi connectivity index (χ0) is 13.4. The summed E-state index contributed by atoms with van der Waals surface area (Å²) in [6, 6.07) is 7.42. The van der Waals surface area contributed by atoms with Gasteiger partial charge < -0.3 is 5.73 Å². The van der Waals surface area contributed by atoms with Crippen molar-refractivity contribution >= 4 is 11.3 Å². The molecule has 0 amide bonds. The highest BCUT2D eigenvalue weighted by Crippen LogP contribution is 2.41. The van der Waals surface area contributed by atoms with Gasteiger partial charge in [-0.2, -0.15) is 0 Å². The van der Waals surface area contributed by atoms with E-state index in [1.807, 2.05) is 23.5 Å². The fraction of sp³-hybridized carbons (Fsp3) is 0.375. The largest absolute Gasteiger partial charge is 0.323 e. The van der Waals surface area contributed by atoms with E-state index in [9.17, 15) is 4.39 Å². The van der Waals surface area contributed by atoms with Gasteiger partial charge in [0.2, 0.25) is 0 Å². The minimum Gasteiger partial charge on any atom is -0.323 e. The van der Waals surface area contributed by atoms with E-state index in [-0.39, 0.29) is 11.9 Å². The number of hydrogen-bond donors (Lipinski definition) is 1. The molecule has 1 aliphatic rings. The van der Waals surface area contributed by atoms with Gasteiger partial charge in [0.1, 0.15) is 5.82 Å². The minimum atomic E-state index is -0.157. The van der Waals surface area contributed by atoms with Crippen LogP contribution in [0.4, 0.5) is 4.39 Å². The second-order valence-corrected chi connectivity index (χ2v) is 6.33. The summed E-state index contributed by atoms with van der Waals surface area (Å²) in [5.41, 5.74) is 9.57. The monoisotopic (exact) mass is 275 g/mol. The van der Waals surface area contributed by atoms with E-state index in [1.54, 1.807) is 6.92 Å². The number of rotatable bonds is 2. The van der Waals surface area contributed by atoms with Crippen LogP contribution in [-0.4, -0.2) is 0 Å². The highest BCUT2D eigenvalue weighted by atomic mass is 32.1. The predicted molar refractivity (Wildman–Crippen MR) is 78.1 cm³/mol. The number of benzene rings is 1. The molecule has 19 heavy (non-hydrogen) atoms. The van der Waals surface area contributed by atoms with Gasteiger partial charge in [-0.15, -0.1) is 11.3 Å². The van der Waals surface area contributed by atoms with Crippen molar-refractivity contribution in [2.75, 3.05) is 0 Å². The first-order chi connectivity index (χ1) is 9.16. The second-order valence-electron chi connectivity index (χ2n) is 5.33. The predicted octanol–water partition coefficient (Wildman–Crippen LogP) is 4.32. The van der Waals surface area contributed by atoms with Gasteiger partial charge in [0.05, 0.1) is 0 Å². The Morgan fingerprint density at radius 1 is 1.37 bits per heavy atom. The van der Waals surface area contributed by atoms with Crippen LogP contribution in [-0.2, 0) is 6.42 Å². The lowest BCUT2D eigenvalue weighted by molar-refractivity contribution is 0.478. The second kappa shape index (κ2) is 5.06. The third-order valence-corrected chi connectivity index (χ3v) is 5.10. The van der Waals surface area contributed by atoms with Gasteiger partial charge in [-0.1, -0.05) is 12.1 Å². The van der Waals surface area contributed by atoms with E-state index in [0.717, 1.165) is 12.0 Å². The van der Waals surface area contributed by atoms with Crippen LogP contribution in [0.2, 0.25) is 0 Å². The first-order valence-corrected chi connectivity index (χ1v) is 7.62. The summed E-state index contributed by atoms with van der Waals surface area (Å²) in [4.78, 5) is 1.48. The van der Waals surface area contributed by atoms with E-state index in [4.69, 9.17) is 5.73 Å². The van der Waals surface area contributed by atoms with Gasteiger partial charge in [0.25, 0.3) is 0 Å². The van der Waals surface area contributed by atoms with Gasteiger partial charge in [-0.05, 0) is 60.4 Å². The van der Waals surface area contributed by atoms with Gasteiger partial charge in [0.15, 0.2) is 0 Å². The molecule has 100 valence electrons. The lowest BCUT2D eigenvalue weighted by Gasteiger charge is -2.28. The van der Waals surface area contributed by atoms with Gasteiger partial charge in [-0.25, -0.2) is 4.39 Å². The zero-order valence-electron chi connectivity index (χ0n) is 11.0. The van der Waals surface area contributed by atoms with Crippen LogP contribution in [0.1, 0.15) is 46.4 Å². The van der Waals surface area contributed by atoms with Crippen molar-refractivity contribution < 1.29 is 4.39 Å². The minimum absolute atomic E-state index is 0.0343. The van der Waals surface area contributed by atoms with Gasteiger partial charge in [0, 0.05) is 16.8 Å². The van der Waals surface area contributed by atoms with E-state index in [1.165, 1.54) is 29.3 Å². The molecule has 1 aliphatic carbocycles. The van der Waals surface area contributed by atoms with Crippen molar-refractivity contribution in [3.63, 3.8) is 0 Å². The van der Waals surface area contributed by atoms with Gasteiger partial charge in [-0.3, -0.25) is 0 Å². The normalized spacial score (nSPS) is 20.1. The molecule has 1 aromatic carbocycles. The number of fused-ring (bicyclic) bond motifs is 1. The molecule has 2 atom stereocenters. The molecule has 1 nitrogen and oxygen atoms in total. The molecule has 3 rings (SSSR count). The van der Waals surface area contributed by atoms with Gasteiger partial charge >= 0.3 is 0 Å². The number of thiophene rings is 1. The smallest absolute Gasteiger partial charge is 0.126 e. The molecule has 1 heterocycles. The Labute approximate surface area is 117 Å². The Bertz CT molecular complexity index is 590. The van der Waals surface area contributed by atoms with Crippen LogP contribution in [0.25, 0.3) is 0 Å². The summed E-state index contributed by atoms with van der Waals surface area (Å²) < 4.78 is 13.4. The van der Waals surface area contributed by atoms with Crippen molar-refractivity contribution in [3.8, 4) is 0 Å². The van der Waals surface area contributed by atoms with Crippen molar-refractivity contribution in [1.29, 1.82) is 0 Å². The van der Waals surface area contributed by atoms with E-state index in [0.29, 0.717) is 11.5 Å². The highest BCUT2D eigenvalue weighted by molar-refractivity contribution is 7.10. The summed E-state index contributed by atoms with van der Waals surface area (Å²) in [6.07, 6.45) is 3.51. The topological polar surface area (TPSA) is 26.0 Å². The number of aryl methyl sites for hydroxylation is 2. The van der Waals surface area contributed by atoms with Crippen LogP contribution in [0.15, 0.2) is 29.6 Å². The fourth-order valence-electron chi connectivity index (χ4n) is 3.00. The SMILES string of the molecule is Cc1cc(C(N)C2CCCc3sccc32)ccc1F. The maximum absolute atomic E-state index is 13.4. The lowest BCUT2D eigenvalue weighted by atomic mass is 9.80. The van der Waals surface area contributed by atoms with Crippen LogP contribution >= 0.6 is 11.3 Å². The summed E-state index contributed by atoms with van der Waals surface area (Å²) in [5, 5.41) is 2.16. The maximum atomic E-state index is 13.4. The molecule has 0 spiro atoms. The summed E-state index contributed by atoms with van der Waals surface area (Å²) >= 11 is 1.83. The van der Waals surface area contributed by atoms with Crippen molar-refractivity contribution in [3.05, 3.63) is 57.0 Å². The van der Waals surface area contributed by atoms with Crippen molar-refractivity contribution in [2.24, 2.45) is 5.73 Å². The molecular formula is C16H18FNS. The molecule has 0 fully saturated rings. The fourth-order valence-corrected chi connectivity index (χ4v) is 4.00. The first kappa shape index (κ1) is 12.8. The Hall–Kier alpha value is -1.19. The van der Waals surface area contributed by atoms with Crippen LogP contribution < -0.4 is 5.73 Å². The molecule has 2 aromatic rings. The molecule has 2 N–H and O–H groups in total. The molecule has 0 saturated carbocycles. The molecule has 1 aromatic heterocycles. The molecule has 2 unspecified atom stereocenters. The van der Waals surface area contributed by atoms with Crippen molar-refractivity contribution in [2.45, 2.75) is 38.1 Å². The first-order valence-electron chi connectivity index (χ1n) is 6.74. The number of halogens is 1. The van der Waals surface area contributed by atoms with Crippen LogP contribution in [0, 0.1) is 12.7 Å². The third kappa shape index (κ3) is 2.33. The zero-order valence-corrected chi connectivity index (χ0v) is 11.8. The number of nitrogens with two attached hydrogens (primary N) is 1. The molecule has 0 aliphatic heterocycles. The molecule has 3 heteroatoms. The van der Waals surface area contributed by atoms with E-state index >= 15 is 0 Å². The quantitative estimate of drug-likeness (QED) is 0.868. The van der Waals surface area contributed by atoms with Crippen LogP contribution in [0.3, 0.4) is 0 Å². The summed E-state index contributed by atoms with van der Waals surface area (Å²) in [5.74, 6) is 0.218. The molecular weight excluding hydrogens is 257 g/mol. The Balaban J connectivity index is 1.93. The summed E-state index contributed by atoms with van der Waals surface area (Å²) in [7, 11) is 0. The number of hydrogen-bond acceptors (Lipinski definition) is 2. The molecule has 0 saturated heterocycles. The average Bonchev–Trinajstić information content (AvgIpc) is 2.89. The Kier molecular flexibility index (Phi) is 3.42. The van der Waals surface area contributed by atoms with E-state index < -0.39 is 0 Å². The molecule has 0 bridgehead atoms.